The Labute approximate surface area is 184 Å². The number of carbonyl (C=O) groups is 2. The summed E-state index contributed by atoms with van der Waals surface area (Å²) < 4.78 is 0. The molecule has 0 rings (SSSR count). The van der Waals surface area contributed by atoms with Crippen molar-refractivity contribution in [2.75, 3.05) is 0 Å². The Balaban J connectivity index is 3.70. The van der Waals surface area contributed by atoms with E-state index in [-0.39, 0.29) is 18.8 Å². The van der Waals surface area contributed by atoms with Crippen LogP contribution in [-0.2, 0) is 9.59 Å². The molecule has 0 aromatic heterocycles. The van der Waals surface area contributed by atoms with E-state index in [0.717, 1.165) is 64.2 Å². The molecule has 0 radical (unpaired) electrons. The molecule has 4 nitrogen and oxygen atoms in total. The van der Waals surface area contributed by atoms with E-state index in [9.17, 15) is 9.59 Å². The molecule has 30 heavy (non-hydrogen) atoms. The first-order valence-electron chi connectivity index (χ1n) is 12.3. The largest absolute Gasteiger partial charge is 0.481 e. The van der Waals surface area contributed by atoms with Crippen molar-refractivity contribution in [2.24, 2.45) is 5.92 Å². The van der Waals surface area contributed by atoms with E-state index in [2.05, 4.69) is 31.2 Å². The molecule has 0 saturated heterocycles. The predicted molar refractivity (Wildman–Crippen MR) is 126 cm³/mol. The van der Waals surface area contributed by atoms with Crippen LogP contribution in [0.4, 0.5) is 0 Å². The average Bonchev–Trinajstić information content (AvgIpc) is 2.69. The minimum atomic E-state index is -0.721. The minimum Gasteiger partial charge on any atom is -0.481 e. The molecular weight excluding hydrogens is 376 g/mol. The smallest absolute Gasteiger partial charge is 0.303 e. The van der Waals surface area contributed by atoms with E-state index in [0.29, 0.717) is 0 Å². The van der Waals surface area contributed by atoms with Gasteiger partial charge in [-0.25, -0.2) is 0 Å². The molecule has 0 amide bonds. The molecule has 1 unspecified atom stereocenters. The van der Waals surface area contributed by atoms with Gasteiger partial charge < -0.3 is 10.2 Å². The zero-order valence-electron chi connectivity index (χ0n) is 19.3. The summed E-state index contributed by atoms with van der Waals surface area (Å²) in [6.07, 6.45) is 27.2. The zero-order chi connectivity index (χ0) is 22.3. The van der Waals surface area contributed by atoms with Gasteiger partial charge in [-0.15, -0.1) is 0 Å². The third-order valence-electron chi connectivity index (χ3n) is 5.53. The molecule has 4 heteroatoms. The highest BCUT2D eigenvalue weighted by atomic mass is 16.4. The first kappa shape index (κ1) is 28.4. The van der Waals surface area contributed by atoms with Crippen molar-refractivity contribution < 1.29 is 19.8 Å². The van der Waals surface area contributed by atoms with Gasteiger partial charge in [-0.3, -0.25) is 9.59 Å². The fraction of sp³-hybridized carbons (Fsp3) is 0.769. The average molecular weight is 423 g/mol. The van der Waals surface area contributed by atoms with Crippen LogP contribution in [0.3, 0.4) is 0 Å². The highest BCUT2D eigenvalue weighted by Gasteiger charge is 2.12. The molecule has 0 aromatic rings. The maximum absolute atomic E-state index is 11.1. The second-order valence-corrected chi connectivity index (χ2v) is 8.48. The number of hydrogen-bond acceptors (Lipinski definition) is 2. The van der Waals surface area contributed by atoms with E-state index in [4.69, 9.17) is 10.2 Å². The number of rotatable bonds is 22. The molecule has 174 valence electrons. The number of carboxylic acids is 2. The molecule has 0 heterocycles. The van der Waals surface area contributed by atoms with E-state index < -0.39 is 11.9 Å². The zero-order valence-corrected chi connectivity index (χ0v) is 19.3. The summed E-state index contributed by atoms with van der Waals surface area (Å²) in [5.74, 6) is -1.12. The van der Waals surface area contributed by atoms with Crippen LogP contribution in [0.5, 0.6) is 0 Å². The summed E-state index contributed by atoms with van der Waals surface area (Å²) >= 11 is 0. The van der Waals surface area contributed by atoms with Crippen molar-refractivity contribution in [1.29, 1.82) is 0 Å². The molecule has 2 N–H and O–H groups in total. The van der Waals surface area contributed by atoms with Crippen molar-refractivity contribution >= 4 is 11.9 Å². The fourth-order valence-corrected chi connectivity index (χ4v) is 3.73. The second-order valence-electron chi connectivity index (χ2n) is 8.48. The summed E-state index contributed by atoms with van der Waals surface area (Å²) in [7, 11) is 0. The van der Waals surface area contributed by atoms with Crippen molar-refractivity contribution in [2.45, 2.75) is 122 Å². The van der Waals surface area contributed by atoms with Crippen molar-refractivity contribution in [3.05, 3.63) is 24.3 Å². The first-order chi connectivity index (χ1) is 14.6. The van der Waals surface area contributed by atoms with E-state index in [1.54, 1.807) is 0 Å². The molecule has 0 bridgehead atoms. The SMILES string of the molecule is CCCCCC=CCC=CCCCCCC(CCCCCCCC(=O)O)CC(=O)O. The summed E-state index contributed by atoms with van der Waals surface area (Å²) in [5, 5.41) is 17.8. The maximum Gasteiger partial charge on any atom is 0.303 e. The van der Waals surface area contributed by atoms with E-state index in [1.165, 1.54) is 38.5 Å². The predicted octanol–water partition coefficient (Wildman–Crippen LogP) is 7.93. The normalized spacial score (nSPS) is 12.7. The standard InChI is InChI=1S/C26H46O4/c1-2-3-4-5-6-7-8-9-10-11-12-14-17-20-24(23-26(29)30)21-18-15-13-16-19-22-25(27)28/h6-7,9-10,24H,2-5,8,11-23H2,1H3,(H,27,28)(H,29,30). The fourth-order valence-electron chi connectivity index (χ4n) is 3.73. The third kappa shape index (κ3) is 22.7. The Morgan fingerprint density at radius 1 is 0.667 bits per heavy atom. The molecule has 0 aromatic carbocycles. The number of carboxylic acid groups (broad SMARTS) is 2. The summed E-state index contributed by atoms with van der Waals surface area (Å²) in [6, 6.07) is 0. The van der Waals surface area contributed by atoms with Gasteiger partial charge in [-0.1, -0.05) is 82.6 Å². The molecular formula is C26H46O4. The van der Waals surface area contributed by atoms with Crippen LogP contribution in [0.25, 0.3) is 0 Å². The lowest BCUT2D eigenvalue weighted by atomic mass is 9.91. The highest BCUT2D eigenvalue weighted by Crippen LogP contribution is 2.22. The Morgan fingerprint density at radius 2 is 1.20 bits per heavy atom. The highest BCUT2D eigenvalue weighted by molar-refractivity contribution is 5.67. The van der Waals surface area contributed by atoms with Crippen LogP contribution in [0.1, 0.15) is 122 Å². The Morgan fingerprint density at radius 3 is 1.77 bits per heavy atom. The van der Waals surface area contributed by atoms with E-state index >= 15 is 0 Å². The quantitative estimate of drug-likeness (QED) is 0.137. The van der Waals surface area contributed by atoms with Crippen LogP contribution >= 0.6 is 0 Å². The lowest BCUT2D eigenvalue weighted by molar-refractivity contribution is -0.138. The Hall–Kier alpha value is -1.58. The van der Waals surface area contributed by atoms with Crippen molar-refractivity contribution in [1.82, 2.24) is 0 Å². The van der Waals surface area contributed by atoms with Crippen LogP contribution in [0.2, 0.25) is 0 Å². The van der Waals surface area contributed by atoms with Crippen LogP contribution in [0, 0.1) is 5.92 Å². The molecule has 0 aliphatic carbocycles. The first-order valence-corrected chi connectivity index (χ1v) is 12.3. The van der Waals surface area contributed by atoms with Gasteiger partial charge in [-0.2, -0.15) is 0 Å². The van der Waals surface area contributed by atoms with Gasteiger partial charge in [0.05, 0.1) is 0 Å². The number of allylic oxidation sites excluding steroid dienone is 4. The van der Waals surface area contributed by atoms with Gasteiger partial charge in [0.15, 0.2) is 0 Å². The van der Waals surface area contributed by atoms with Gasteiger partial charge in [0.2, 0.25) is 0 Å². The molecule has 1 atom stereocenters. The van der Waals surface area contributed by atoms with Gasteiger partial charge in [-0.05, 0) is 57.3 Å². The molecule has 0 spiro atoms. The van der Waals surface area contributed by atoms with Crippen molar-refractivity contribution in [3.63, 3.8) is 0 Å². The number of unbranched alkanes of at least 4 members (excludes halogenated alkanes) is 10. The van der Waals surface area contributed by atoms with Gasteiger partial charge in [0, 0.05) is 12.8 Å². The topological polar surface area (TPSA) is 74.6 Å². The second kappa shape index (κ2) is 22.1. The third-order valence-corrected chi connectivity index (χ3v) is 5.53. The molecule has 0 fully saturated rings. The lowest BCUT2D eigenvalue weighted by Crippen LogP contribution is -2.08. The maximum atomic E-state index is 11.1. The monoisotopic (exact) mass is 422 g/mol. The summed E-state index contributed by atoms with van der Waals surface area (Å²) in [4.78, 5) is 21.6. The molecule has 0 aliphatic rings. The van der Waals surface area contributed by atoms with Crippen LogP contribution < -0.4 is 0 Å². The van der Waals surface area contributed by atoms with E-state index in [1.807, 2.05) is 0 Å². The van der Waals surface area contributed by atoms with Crippen LogP contribution in [0.15, 0.2) is 24.3 Å². The number of aliphatic carboxylic acids is 2. The van der Waals surface area contributed by atoms with Crippen molar-refractivity contribution in [3.8, 4) is 0 Å². The summed E-state index contributed by atoms with van der Waals surface area (Å²) in [5.41, 5.74) is 0. The number of hydrogen-bond donors (Lipinski definition) is 2. The van der Waals surface area contributed by atoms with Gasteiger partial charge in [0.25, 0.3) is 0 Å². The Kier molecular flexibility index (Phi) is 20.9. The Bertz CT molecular complexity index is 468. The van der Waals surface area contributed by atoms with Gasteiger partial charge in [0.1, 0.15) is 0 Å². The molecule has 0 saturated carbocycles. The summed E-state index contributed by atoms with van der Waals surface area (Å²) in [6.45, 7) is 2.23. The lowest BCUT2D eigenvalue weighted by Gasteiger charge is -2.14. The minimum absolute atomic E-state index is 0.257. The van der Waals surface area contributed by atoms with Crippen LogP contribution in [-0.4, -0.2) is 22.2 Å². The molecule has 0 aliphatic heterocycles. The van der Waals surface area contributed by atoms with Gasteiger partial charge >= 0.3 is 11.9 Å².